The van der Waals surface area contributed by atoms with E-state index in [1.54, 1.807) is 24.5 Å². The molecule has 0 bridgehead atoms. The second kappa shape index (κ2) is 16.4. The van der Waals surface area contributed by atoms with Gasteiger partial charge in [-0.05, 0) is 36.4 Å². The van der Waals surface area contributed by atoms with Gasteiger partial charge in [0.05, 0.1) is 22.6 Å². The molecule has 0 saturated heterocycles. The summed E-state index contributed by atoms with van der Waals surface area (Å²) in [5.41, 5.74) is 2.75. The minimum absolute atomic E-state index is 0.252. The largest absolute Gasteiger partial charge is 0.462 e. The van der Waals surface area contributed by atoms with Gasteiger partial charge >= 0.3 is 11.9 Å². The molecule has 0 aliphatic carbocycles. The summed E-state index contributed by atoms with van der Waals surface area (Å²) in [6.07, 6.45) is -1.73. The van der Waals surface area contributed by atoms with Gasteiger partial charge in [-0.2, -0.15) is 0 Å². The molecule has 3 heterocycles. The van der Waals surface area contributed by atoms with Crippen molar-refractivity contribution < 1.29 is 39.2 Å². The quantitative estimate of drug-likeness (QED) is 0.210. The van der Waals surface area contributed by atoms with Crippen LogP contribution in [-0.4, -0.2) is 103 Å². The predicted molar refractivity (Wildman–Crippen MR) is 153 cm³/mol. The lowest BCUT2D eigenvalue weighted by atomic mass is 10.0. The van der Waals surface area contributed by atoms with Crippen molar-refractivity contribution in [2.24, 2.45) is 0 Å². The van der Waals surface area contributed by atoms with Crippen LogP contribution in [0.4, 0.5) is 0 Å². The van der Waals surface area contributed by atoms with Crippen LogP contribution in [0.1, 0.15) is 41.3 Å². The van der Waals surface area contributed by atoms with E-state index in [1.807, 2.05) is 36.4 Å². The Hall–Kier alpha value is -4.30. The number of aliphatic hydroxyl groups is 3. The number of nitrogens with zero attached hydrogens (tertiary/aromatic N) is 5. The van der Waals surface area contributed by atoms with Crippen molar-refractivity contribution >= 4 is 17.8 Å². The van der Waals surface area contributed by atoms with Gasteiger partial charge in [0.2, 0.25) is 0 Å². The summed E-state index contributed by atoms with van der Waals surface area (Å²) < 4.78 is 9.70. The van der Waals surface area contributed by atoms with Crippen LogP contribution in [0.25, 0.3) is 0 Å². The van der Waals surface area contributed by atoms with Crippen molar-refractivity contribution in [3.8, 4) is 0 Å². The molecule has 43 heavy (non-hydrogen) atoms. The molecule has 1 amide bonds. The van der Waals surface area contributed by atoms with E-state index >= 15 is 0 Å². The molecule has 4 atom stereocenters. The van der Waals surface area contributed by atoms with Gasteiger partial charge in [-0.3, -0.25) is 34.2 Å². The van der Waals surface area contributed by atoms with Gasteiger partial charge in [0.25, 0.3) is 5.91 Å². The number of hydrogen-bond acceptors (Lipinski definition) is 12. The van der Waals surface area contributed by atoms with E-state index < -0.39 is 48.9 Å². The summed E-state index contributed by atoms with van der Waals surface area (Å²) in [6, 6.07) is 14.8. The van der Waals surface area contributed by atoms with E-state index in [4.69, 9.17) is 9.47 Å². The third kappa shape index (κ3) is 10.8. The molecule has 13 nitrogen and oxygen atoms in total. The van der Waals surface area contributed by atoms with Gasteiger partial charge in [0, 0.05) is 65.7 Å². The highest BCUT2D eigenvalue weighted by Crippen LogP contribution is 2.14. The first kappa shape index (κ1) is 33.2. The Kier molecular flexibility index (Phi) is 12.6. The first-order valence-corrected chi connectivity index (χ1v) is 13.6. The van der Waals surface area contributed by atoms with Crippen LogP contribution < -0.4 is 0 Å². The highest BCUT2D eigenvalue weighted by Gasteiger charge is 2.35. The van der Waals surface area contributed by atoms with Gasteiger partial charge in [0.15, 0.2) is 6.10 Å². The fourth-order valence-corrected chi connectivity index (χ4v) is 4.24. The van der Waals surface area contributed by atoms with E-state index in [1.165, 1.54) is 18.1 Å². The monoisotopic (exact) mass is 595 g/mol. The summed E-state index contributed by atoms with van der Waals surface area (Å²) in [5, 5.41) is 31.5. The number of aromatic nitrogens is 3. The predicted octanol–water partition coefficient (Wildman–Crippen LogP) is 0.724. The Labute approximate surface area is 249 Å². The van der Waals surface area contributed by atoms with Crippen LogP contribution in [0, 0.1) is 0 Å². The molecule has 3 aromatic heterocycles. The molecular weight excluding hydrogens is 558 g/mol. The smallest absolute Gasteiger partial charge is 0.303 e. The summed E-state index contributed by atoms with van der Waals surface area (Å²) in [7, 11) is 1.42. The lowest BCUT2D eigenvalue weighted by molar-refractivity contribution is -0.174. The summed E-state index contributed by atoms with van der Waals surface area (Å²) in [4.78, 5) is 52.1. The van der Waals surface area contributed by atoms with Crippen molar-refractivity contribution in [3.63, 3.8) is 0 Å². The Morgan fingerprint density at radius 1 is 0.791 bits per heavy atom. The maximum atomic E-state index is 13.0. The Balaban J connectivity index is 1.62. The number of carbonyl (C=O) groups excluding carboxylic acids is 3. The average Bonchev–Trinajstić information content (AvgIpc) is 2.99. The second-order valence-electron chi connectivity index (χ2n) is 10.0. The maximum absolute atomic E-state index is 13.0. The number of aliphatic hydroxyl groups excluding tert-OH is 3. The molecule has 0 saturated carbocycles. The maximum Gasteiger partial charge on any atom is 0.303 e. The fourth-order valence-electron chi connectivity index (χ4n) is 4.24. The number of esters is 2. The van der Waals surface area contributed by atoms with Crippen LogP contribution >= 0.6 is 0 Å². The highest BCUT2D eigenvalue weighted by atomic mass is 16.6. The SMILES string of the molecule is CC(=O)OC[C@@H](OC(C)=O)[C@@H](O)[C@H](O)[C@@H](O)CN(C)C(=O)c1ccc(CN(Cc2ccccn2)Cc2ccccn2)nc1. The first-order chi connectivity index (χ1) is 20.5. The number of carbonyl (C=O) groups is 3. The van der Waals surface area contributed by atoms with Crippen LogP contribution in [0.2, 0.25) is 0 Å². The molecule has 3 N–H and O–H groups in total. The van der Waals surface area contributed by atoms with Crippen LogP contribution in [0.15, 0.2) is 67.1 Å². The molecule has 3 rings (SSSR count). The Morgan fingerprint density at radius 3 is 1.84 bits per heavy atom. The van der Waals surface area contributed by atoms with E-state index in [9.17, 15) is 29.7 Å². The molecule has 0 aliphatic heterocycles. The standard InChI is InChI=1S/C30H37N5O8/c1-20(36)42-19-27(43-21(2)37)29(40)28(39)26(38)18-34(3)30(41)22-10-11-25(33-14-22)17-35(15-23-8-4-6-12-31-23)16-24-9-5-7-13-32-24/h4-14,26-29,38-40H,15-19H2,1-3H3/t26-,27+,28+,29+/m0/s1. The molecule has 230 valence electrons. The van der Waals surface area contributed by atoms with Crippen molar-refractivity contribution in [3.05, 3.63) is 89.8 Å². The molecular formula is C30H37N5O8. The van der Waals surface area contributed by atoms with E-state index in [0.29, 0.717) is 25.3 Å². The third-order valence-electron chi connectivity index (χ3n) is 6.38. The Morgan fingerprint density at radius 2 is 1.37 bits per heavy atom. The summed E-state index contributed by atoms with van der Waals surface area (Å²) >= 11 is 0. The van der Waals surface area contributed by atoms with E-state index in [2.05, 4.69) is 19.9 Å². The number of ether oxygens (including phenoxy) is 2. The van der Waals surface area contributed by atoms with Gasteiger partial charge < -0.3 is 29.7 Å². The highest BCUT2D eigenvalue weighted by molar-refractivity contribution is 5.93. The molecule has 13 heteroatoms. The van der Waals surface area contributed by atoms with Gasteiger partial charge in [-0.1, -0.05) is 12.1 Å². The van der Waals surface area contributed by atoms with Gasteiger partial charge in [-0.25, -0.2) is 0 Å². The third-order valence-corrected chi connectivity index (χ3v) is 6.38. The lowest BCUT2D eigenvalue weighted by Gasteiger charge is -2.30. The topological polar surface area (TPSA) is 176 Å². The van der Waals surface area contributed by atoms with E-state index in [0.717, 1.165) is 25.2 Å². The molecule has 0 aromatic carbocycles. The number of hydrogen-bond donors (Lipinski definition) is 3. The van der Waals surface area contributed by atoms with Gasteiger partial charge in [-0.15, -0.1) is 0 Å². The summed E-state index contributed by atoms with van der Waals surface area (Å²) in [6.45, 7) is 2.93. The zero-order valence-corrected chi connectivity index (χ0v) is 24.3. The normalized spacial score (nSPS) is 13.9. The summed E-state index contributed by atoms with van der Waals surface area (Å²) in [5.74, 6) is -1.94. The number of likely N-dealkylation sites (N-methyl/N-ethyl adjacent to an activating group) is 1. The van der Waals surface area contributed by atoms with Crippen molar-refractivity contribution in [2.75, 3.05) is 20.2 Å². The zero-order valence-electron chi connectivity index (χ0n) is 24.3. The zero-order chi connectivity index (χ0) is 31.4. The van der Waals surface area contributed by atoms with Crippen molar-refractivity contribution in [1.29, 1.82) is 0 Å². The fraction of sp³-hybridized carbons (Fsp3) is 0.400. The minimum Gasteiger partial charge on any atom is -0.462 e. The number of pyridine rings is 3. The average molecular weight is 596 g/mol. The Bertz CT molecular complexity index is 1270. The van der Waals surface area contributed by atoms with Gasteiger partial charge in [0.1, 0.15) is 24.9 Å². The van der Waals surface area contributed by atoms with Crippen LogP contribution in [0.3, 0.4) is 0 Å². The first-order valence-electron chi connectivity index (χ1n) is 13.6. The number of rotatable bonds is 15. The molecule has 3 aromatic rings. The van der Waals surface area contributed by atoms with Crippen LogP contribution in [-0.2, 0) is 38.7 Å². The molecule has 0 fully saturated rings. The second-order valence-corrected chi connectivity index (χ2v) is 10.0. The molecule has 0 spiro atoms. The number of amides is 1. The van der Waals surface area contributed by atoms with E-state index in [-0.39, 0.29) is 12.1 Å². The van der Waals surface area contributed by atoms with Crippen molar-refractivity contribution in [1.82, 2.24) is 24.8 Å². The molecule has 0 aliphatic rings. The lowest BCUT2D eigenvalue weighted by Crippen LogP contribution is -2.51. The minimum atomic E-state index is -1.82. The molecule has 0 unspecified atom stereocenters. The molecule has 0 radical (unpaired) electrons. The van der Waals surface area contributed by atoms with Crippen LogP contribution in [0.5, 0.6) is 0 Å². The van der Waals surface area contributed by atoms with Crippen molar-refractivity contribution in [2.45, 2.75) is 57.9 Å².